The van der Waals surface area contributed by atoms with Crippen LogP contribution < -0.4 is 5.32 Å². The van der Waals surface area contributed by atoms with Gasteiger partial charge in [0, 0.05) is 31.6 Å². The molecule has 1 N–H and O–H groups in total. The Hall–Kier alpha value is -0.870. The molecule has 1 aliphatic heterocycles. The fraction of sp³-hybridized carbons (Fsp3) is 0.667. The van der Waals surface area contributed by atoms with Gasteiger partial charge in [0.1, 0.15) is 11.5 Å². The van der Waals surface area contributed by atoms with Crippen molar-refractivity contribution in [3.8, 4) is 0 Å². The van der Waals surface area contributed by atoms with Crippen LogP contribution in [-0.2, 0) is 19.5 Å². The van der Waals surface area contributed by atoms with Crippen molar-refractivity contribution in [1.82, 2.24) is 15.4 Å². The quantitative estimate of drug-likeness (QED) is 0.732. The van der Waals surface area contributed by atoms with Gasteiger partial charge in [-0.15, -0.1) is 0 Å². The average Bonchev–Trinajstić information content (AvgIpc) is 2.60. The molecule has 0 amide bonds. The number of hydrogen-bond acceptors (Lipinski definition) is 4. The van der Waals surface area contributed by atoms with Crippen LogP contribution >= 0.6 is 0 Å². The van der Waals surface area contributed by atoms with Crippen molar-refractivity contribution in [1.29, 1.82) is 0 Å². The number of likely N-dealkylation sites (N-methyl/N-ethyl adjacent to an activating group) is 1. The van der Waals surface area contributed by atoms with E-state index in [0.29, 0.717) is 0 Å². The van der Waals surface area contributed by atoms with Gasteiger partial charge in [-0.3, -0.25) is 0 Å². The summed E-state index contributed by atoms with van der Waals surface area (Å²) in [5.41, 5.74) is 2.37. The Morgan fingerprint density at radius 3 is 3.08 bits per heavy atom. The van der Waals surface area contributed by atoms with Crippen molar-refractivity contribution in [3.05, 3.63) is 17.0 Å². The number of hydrogen-bond donors (Lipinski definition) is 1. The lowest BCUT2D eigenvalue weighted by Crippen LogP contribution is -2.15. The van der Waals surface area contributed by atoms with Crippen LogP contribution in [0.5, 0.6) is 0 Å². The van der Waals surface area contributed by atoms with Gasteiger partial charge in [-0.2, -0.15) is 0 Å². The van der Waals surface area contributed by atoms with Crippen LogP contribution in [-0.4, -0.2) is 30.7 Å². The maximum absolute atomic E-state index is 5.27. The zero-order valence-electron chi connectivity index (χ0n) is 8.13. The molecule has 0 aromatic carbocycles. The Kier molecular flexibility index (Phi) is 2.33. The highest BCUT2D eigenvalue weighted by Gasteiger charge is 2.19. The van der Waals surface area contributed by atoms with Crippen molar-refractivity contribution in [3.63, 3.8) is 0 Å². The van der Waals surface area contributed by atoms with Gasteiger partial charge in [0.05, 0.1) is 0 Å². The third-order valence-corrected chi connectivity index (χ3v) is 2.33. The second kappa shape index (κ2) is 3.47. The minimum absolute atomic E-state index is 0.862. The Morgan fingerprint density at radius 1 is 1.46 bits per heavy atom. The van der Waals surface area contributed by atoms with E-state index in [1.165, 1.54) is 5.56 Å². The predicted octanol–water partition coefficient (Wildman–Crippen LogP) is 0.382. The van der Waals surface area contributed by atoms with Crippen molar-refractivity contribution >= 4 is 0 Å². The van der Waals surface area contributed by atoms with E-state index < -0.39 is 0 Å². The molecule has 1 aliphatic rings. The summed E-state index contributed by atoms with van der Waals surface area (Å²) in [5.74, 6) is 1.05. The fourth-order valence-electron chi connectivity index (χ4n) is 1.55. The Labute approximate surface area is 77.9 Å². The first-order chi connectivity index (χ1) is 6.27. The van der Waals surface area contributed by atoms with Gasteiger partial charge in [-0.25, -0.2) is 0 Å². The summed E-state index contributed by atoms with van der Waals surface area (Å²) in [6, 6.07) is 0. The molecule has 0 saturated carbocycles. The van der Waals surface area contributed by atoms with Gasteiger partial charge in [0.15, 0.2) is 0 Å². The summed E-state index contributed by atoms with van der Waals surface area (Å²) in [4.78, 5) is 2.15. The molecule has 0 fully saturated rings. The maximum atomic E-state index is 5.27. The molecule has 0 aliphatic carbocycles. The topological polar surface area (TPSA) is 41.3 Å². The lowest BCUT2D eigenvalue weighted by molar-refractivity contribution is 0.341. The standard InChI is InChI=1S/C9H15N3O/c1-12(2)4-3-9-7-5-10-6-8(7)11-13-9/h10H,3-6H2,1-2H3. The SMILES string of the molecule is CN(C)CCc1onc2c1CNC2. The molecule has 0 saturated heterocycles. The van der Waals surface area contributed by atoms with E-state index in [-0.39, 0.29) is 0 Å². The number of aromatic nitrogens is 1. The number of rotatable bonds is 3. The van der Waals surface area contributed by atoms with Gasteiger partial charge in [-0.1, -0.05) is 5.16 Å². The molecule has 0 unspecified atom stereocenters. The van der Waals surface area contributed by atoms with E-state index >= 15 is 0 Å². The smallest absolute Gasteiger partial charge is 0.142 e. The molecule has 72 valence electrons. The zero-order chi connectivity index (χ0) is 9.26. The molecule has 1 aromatic rings. The lowest BCUT2D eigenvalue weighted by atomic mass is 10.2. The first kappa shape index (κ1) is 8.72. The second-order valence-electron chi connectivity index (χ2n) is 3.69. The fourth-order valence-corrected chi connectivity index (χ4v) is 1.55. The minimum Gasteiger partial charge on any atom is -0.361 e. The van der Waals surface area contributed by atoms with Crippen molar-refractivity contribution in [2.45, 2.75) is 19.5 Å². The number of nitrogens with one attached hydrogen (secondary N) is 1. The zero-order valence-corrected chi connectivity index (χ0v) is 8.13. The number of fused-ring (bicyclic) bond motifs is 1. The van der Waals surface area contributed by atoms with Crippen LogP contribution in [0.15, 0.2) is 4.52 Å². The number of nitrogens with zero attached hydrogens (tertiary/aromatic N) is 2. The van der Waals surface area contributed by atoms with Crippen LogP contribution in [0.3, 0.4) is 0 Å². The van der Waals surface area contributed by atoms with Gasteiger partial charge in [0.25, 0.3) is 0 Å². The van der Waals surface area contributed by atoms with E-state index in [1.54, 1.807) is 0 Å². The van der Waals surface area contributed by atoms with Gasteiger partial charge in [-0.05, 0) is 14.1 Å². The molecule has 1 aromatic heterocycles. The lowest BCUT2D eigenvalue weighted by Gasteiger charge is -2.07. The molecule has 0 bridgehead atoms. The maximum Gasteiger partial charge on any atom is 0.142 e. The summed E-state index contributed by atoms with van der Waals surface area (Å²) in [7, 11) is 4.13. The normalized spacial score (nSPS) is 15.3. The Balaban J connectivity index is 2.04. The highest BCUT2D eigenvalue weighted by atomic mass is 16.5. The van der Waals surface area contributed by atoms with Crippen LogP contribution in [0.2, 0.25) is 0 Å². The predicted molar refractivity (Wildman–Crippen MR) is 49.3 cm³/mol. The summed E-state index contributed by atoms with van der Waals surface area (Å²) >= 11 is 0. The summed E-state index contributed by atoms with van der Waals surface area (Å²) in [6.07, 6.45) is 0.955. The molecule has 13 heavy (non-hydrogen) atoms. The second-order valence-corrected chi connectivity index (χ2v) is 3.69. The summed E-state index contributed by atoms with van der Waals surface area (Å²) < 4.78 is 5.27. The average molecular weight is 181 g/mol. The Morgan fingerprint density at radius 2 is 2.31 bits per heavy atom. The van der Waals surface area contributed by atoms with Gasteiger partial charge in [0.2, 0.25) is 0 Å². The van der Waals surface area contributed by atoms with E-state index in [9.17, 15) is 0 Å². The molecule has 2 rings (SSSR count). The van der Waals surface area contributed by atoms with Gasteiger partial charge >= 0.3 is 0 Å². The monoisotopic (exact) mass is 181 g/mol. The molecule has 0 radical (unpaired) electrons. The molecule has 0 atom stereocenters. The van der Waals surface area contributed by atoms with Crippen LogP contribution in [0.25, 0.3) is 0 Å². The van der Waals surface area contributed by atoms with Crippen LogP contribution in [0.4, 0.5) is 0 Å². The Bertz CT molecular complexity index is 293. The molecular formula is C9H15N3O. The van der Waals surface area contributed by atoms with Crippen molar-refractivity contribution < 1.29 is 4.52 Å². The van der Waals surface area contributed by atoms with E-state index in [0.717, 1.165) is 37.5 Å². The molecule has 2 heterocycles. The van der Waals surface area contributed by atoms with E-state index in [1.807, 2.05) is 0 Å². The molecule has 4 nitrogen and oxygen atoms in total. The summed E-state index contributed by atoms with van der Waals surface area (Å²) in [6.45, 7) is 2.80. The van der Waals surface area contributed by atoms with E-state index in [2.05, 4.69) is 29.5 Å². The molecule has 4 heteroatoms. The van der Waals surface area contributed by atoms with Crippen LogP contribution in [0.1, 0.15) is 17.0 Å². The molecular weight excluding hydrogens is 166 g/mol. The third kappa shape index (κ3) is 1.73. The highest BCUT2D eigenvalue weighted by molar-refractivity contribution is 5.26. The van der Waals surface area contributed by atoms with E-state index in [4.69, 9.17) is 4.52 Å². The molecule has 0 spiro atoms. The first-order valence-electron chi connectivity index (χ1n) is 4.59. The first-order valence-corrected chi connectivity index (χ1v) is 4.59. The summed E-state index contributed by atoms with van der Waals surface area (Å²) in [5, 5.41) is 7.28. The van der Waals surface area contributed by atoms with Crippen LogP contribution in [0, 0.1) is 0 Å². The van der Waals surface area contributed by atoms with Crippen molar-refractivity contribution in [2.24, 2.45) is 0 Å². The largest absolute Gasteiger partial charge is 0.361 e. The van der Waals surface area contributed by atoms with Crippen molar-refractivity contribution in [2.75, 3.05) is 20.6 Å². The minimum atomic E-state index is 0.862. The van der Waals surface area contributed by atoms with Gasteiger partial charge < -0.3 is 14.7 Å². The highest BCUT2D eigenvalue weighted by Crippen LogP contribution is 2.19. The third-order valence-electron chi connectivity index (χ3n) is 2.33.